The van der Waals surface area contributed by atoms with E-state index in [4.69, 9.17) is 4.98 Å². The van der Waals surface area contributed by atoms with Gasteiger partial charge >= 0.3 is 161 Å². The molecule has 0 unspecified atom stereocenters. The summed E-state index contributed by atoms with van der Waals surface area (Å²) in [6.45, 7) is 4.98. The number of rotatable bonds is 1. The molecular formula is C23H19NSeSi. The molecule has 0 N–H and O–H groups in total. The average Bonchev–Trinajstić information content (AvgIpc) is 2.67. The molecule has 0 fully saturated rings. The van der Waals surface area contributed by atoms with Crippen LogP contribution >= 0.6 is 0 Å². The molecule has 1 aliphatic rings. The van der Waals surface area contributed by atoms with Crippen molar-refractivity contribution >= 4 is 53.2 Å². The summed E-state index contributed by atoms with van der Waals surface area (Å²) in [6, 6.07) is 28.7. The Morgan fingerprint density at radius 2 is 1.50 bits per heavy atom. The van der Waals surface area contributed by atoms with Gasteiger partial charge in [0.05, 0.1) is 0 Å². The Balaban J connectivity index is 1.76. The minimum absolute atomic E-state index is 0.376. The number of nitrogens with zero attached hydrogens (tertiary/aromatic N) is 1. The Bertz CT molecular complexity index is 1150. The van der Waals surface area contributed by atoms with E-state index in [1.54, 1.807) is 19.3 Å². The van der Waals surface area contributed by atoms with Crippen molar-refractivity contribution in [1.82, 2.24) is 4.98 Å². The third-order valence-corrected chi connectivity index (χ3v) is 12.1. The van der Waals surface area contributed by atoms with E-state index in [-0.39, 0.29) is 0 Å². The summed E-state index contributed by atoms with van der Waals surface area (Å²) in [5.41, 5.74) is 3.52. The zero-order valence-electron chi connectivity index (χ0n) is 14.9. The summed E-state index contributed by atoms with van der Waals surface area (Å²) in [7, 11) is -1.75. The summed E-state index contributed by atoms with van der Waals surface area (Å²) in [5.74, 6) is 0. The molecule has 126 valence electrons. The van der Waals surface area contributed by atoms with Crippen LogP contribution in [-0.2, 0) is 0 Å². The van der Waals surface area contributed by atoms with Gasteiger partial charge in [0, 0.05) is 0 Å². The zero-order valence-corrected chi connectivity index (χ0v) is 17.6. The van der Waals surface area contributed by atoms with Gasteiger partial charge in [-0.15, -0.1) is 0 Å². The molecule has 0 aliphatic carbocycles. The average molecular weight is 416 g/mol. The number of para-hydroxylation sites is 1. The first-order valence-corrected chi connectivity index (χ1v) is 13.6. The Kier molecular flexibility index (Phi) is 3.65. The van der Waals surface area contributed by atoms with Crippen molar-refractivity contribution in [2.75, 3.05) is 0 Å². The molecule has 4 aromatic rings. The zero-order chi connectivity index (χ0) is 17.7. The molecule has 0 saturated carbocycles. The van der Waals surface area contributed by atoms with Crippen molar-refractivity contribution in [2.24, 2.45) is 0 Å². The number of hydrogen-bond donors (Lipinski definition) is 0. The van der Waals surface area contributed by atoms with Gasteiger partial charge in [-0.2, -0.15) is 0 Å². The van der Waals surface area contributed by atoms with Crippen molar-refractivity contribution in [2.45, 2.75) is 13.1 Å². The standard InChI is InChI=1S/C23H19NSeSi/c1-26(2)22-13-6-5-11-20(22)25-21-12-7-9-17(23(21)26)19-15-14-16-8-3-4-10-18(16)24-19/h3-15H,1-2H3. The number of benzene rings is 3. The molecule has 2 heterocycles. The molecule has 5 rings (SSSR count). The quantitative estimate of drug-likeness (QED) is 0.435. The van der Waals surface area contributed by atoms with E-state index in [1.807, 2.05) is 0 Å². The fourth-order valence-electron chi connectivity index (χ4n) is 4.02. The van der Waals surface area contributed by atoms with E-state index in [1.165, 1.54) is 10.9 Å². The second-order valence-corrected chi connectivity index (χ2v) is 13.9. The van der Waals surface area contributed by atoms with Gasteiger partial charge in [-0.25, -0.2) is 0 Å². The summed E-state index contributed by atoms with van der Waals surface area (Å²) in [6.07, 6.45) is 0. The van der Waals surface area contributed by atoms with Gasteiger partial charge in [-0.1, -0.05) is 0 Å². The van der Waals surface area contributed by atoms with E-state index in [0.29, 0.717) is 15.0 Å². The molecule has 3 heteroatoms. The van der Waals surface area contributed by atoms with E-state index >= 15 is 0 Å². The van der Waals surface area contributed by atoms with Crippen molar-refractivity contribution in [1.29, 1.82) is 0 Å². The number of hydrogen-bond acceptors (Lipinski definition) is 1. The second kappa shape index (κ2) is 5.92. The molecule has 0 spiro atoms. The summed E-state index contributed by atoms with van der Waals surface area (Å²) < 4.78 is 3.10. The van der Waals surface area contributed by atoms with E-state index in [2.05, 4.69) is 92.0 Å². The van der Waals surface area contributed by atoms with Crippen LogP contribution in [-0.4, -0.2) is 28.0 Å². The van der Waals surface area contributed by atoms with Crippen LogP contribution in [0.15, 0.2) is 78.9 Å². The number of fused-ring (bicyclic) bond motifs is 3. The first kappa shape index (κ1) is 16.0. The molecule has 0 saturated heterocycles. The molecule has 1 aromatic heterocycles. The Hall–Kier alpha value is -2.19. The van der Waals surface area contributed by atoms with Crippen molar-refractivity contribution in [3.05, 3.63) is 78.9 Å². The van der Waals surface area contributed by atoms with Crippen molar-refractivity contribution < 1.29 is 0 Å². The van der Waals surface area contributed by atoms with E-state index in [9.17, 15) is 0 Å². The minimum atomic E-state index is -1.75. The Labute approximate surface area is 161 Å². The van der Waals surface area contributed by atoms with Gasteiger partial charge in [0.15, 0.2) is 0 Å². The van der Waals surface area contributed by atoms with Gasteiger partial charge in [0.25, 0.3) is 0 Å². The topological polar surface area (TPSA) is 12.9 Å². The number of aromatic nitrogens is 1. The summed E-state index contributed by atoms with van der Waals surface area (Å²) in [4.78, 5) is 5.00. The molecule has 0 radical (unpaired) electrons. The second-order valence-electron chi connectivity index (χ2n) is 7.29. The van der Waals surface area contributed by atoms with Crippen LogP contribution in [0.4, 0.5) is 0 Å². The molecule has 3 aromatic carbocycles. The maximum atomic E-state index is 5.00. The van der Waals surface area contributed by atoms with Gasteiger partial charge in [0.2, 0.25) is 0 Å². The predicted octanol–water partition coefficient (Wildman–Crippen LogP) is 2.69. The van der Waals surface area contributed by atoms with Crippen LogP contribution in [0.3, 0.4) is 0 Å². The molecule has 26 heavy (non-hydrogen) atoms. The summed E-state index contributed by atoms with van der Waals surface area (Å²) in [5, 5.41) is 4.38. The Morgan fingerprint density at radius 3 is 2.42 bits per heavy atom. The van der Waals surface area contributed by atoms with Crippen LogP contribution in [0, 0.1) is 0 Å². The molecule has 1 nitrogen and oxygen atoms in total. The van der Waals surface area contributed by atoms with Crippen LogP contribution in [0.25, 0.3) is 22.2 Å². The third kappa shape index (κ3) is 2.39. The molecule has 0 atom stereocenters. The van der Waals surface area contributed by atoms with Crippen LogP contribution < -0.4 is 19.3 Å². The fraction of sp³-hybridized carbons (Fsp3) is 0.0870. The molecule has 0 amide bonds. The summed E-state index contributed by atoms with van der Waals surface area (Å²) >= 11 is 0.376. The van der Waals surface area contributed by atoms with Gasteiger partial charge in [0.1, 0.15) is 0 Å². The fourth-order valence-corrected chi connectivity index (χ4v) is 12.8. The van der Waals surface area contributed by atoms with Crippen molar-refractivity contribution in [3.63, 3.8) is 0 Å². The first-order valence-electron chi connectivity index (χ1n) is 8.91. The van der Waals surface area contributed by atoms with Crippen molar-refractivity contribution in [3.8, 4) is 11.3 Å². The molecule has 1 aliphatic heterocycles. The molecule has 0 bridgehead atoms. The van der Waals surface area contributed by atoms with Gasteiger partial charge in [-0.3, -0.25) is 0 Å². The van der Waals surface area contributed by atoms with Crippen LogP contribution in [0.2, 0.25) is 13.1 Å². The predicted molar refractivity (Wildman–Crippen MR) is 115 cm³/mol. The monoisotopic (exact) mass is 417 g/mol. The normalized spacial score (nSPS) is 14.7. The van der Waals surface area contributed by atoms with Crippen LogP contribution in [0.1, 0.15) is 0 Å². The van der Waals surface area contributed by atoms with Crippen LogP contribution in [0.5, 0.6) is 0 Å². The van der Waals surface area contributed by atoms with E-state index < -0.39 is 8.07 Å². The first-order chi connectivity index (χ1) is 12.6. The Morgan fingerprint density at radius 1 is 0.731 bits per heavy atom. The maximum absolute atomic E-state index is 5.00. The van der Waals surface area contributed by atoms with Gasteiger partial charge < -0.3 is 0 Å². The third-order valence-electron chi connectivity index (χ3n) is 5.31. The molecular weight excluding hydrogens is 397 g/mol. The van der Waals surface area contributed by atoms with Gasteiger partial charge in [-0.05, 0) is 0 Å². The number of pyridine rings is 1. The SMILES string of the molecule is C[Si]1(C)c2ccccc2[Se]c2cccc(-c3ccc4ccccc4n3)c21. The van der Waals surface area contributed by atoms with E-state index in [0.717, 1.165) is 11.2 Å².